The van der Waals surface area contributed by atoms with Crippen LogP contribution in [0.15, 0.2) is 12.2 Å². The van der Waals surface area contributed by atoms with Crippen LogP contribution in [-0.4, -0.2) is 6.04 Å². The summed E-state index contributed by atoms with van der Waals surface area (Å²) in [5.74, 6) is 3.55. The Morgan fingerprint density at radius 3 is 2.26 bits per heavy atom. The van der Waals surface area contributed by atoms with Gasteiger partial charge in [-0.25, -0.2) is 0 Å². The van der Waals surface area contributed by atoms with Crippen LogP contribution in [0.3, 0.4) is 0 Å². The Bertz CT molecular complexity index is 312. The molecule has 1 fully saturated rings. The van der Waals surface area contributed by atoms with Crippen LogP contribution in [0.2, 0.25) is 0 Å². The van der Waals surface area contributed by atoms with Gasteiger partial charge >= 0.3 is 0 Å². The Morgan fingerprint density at radius 1 is 1.21 bits per heavy atom. The first-order chi connectivity index (χ1) is 8.94. The van der Waals surface area contributed by atoms with E-state index in [4.69, 9.17) is 5.73 Å². The topological polar surface area (TPSA) is 26.0 Å². The highest BCUT2D eigenvalue weighted by Crippen LogP contribution is 2.60. The molecule has 2 rings (SSSR count). The molecule has 0 aromatic heterocycles. The molecule has 0 aliphatic heterocycles. The molecular formula is C18H33N. The molecular weight excluding hydrogens is 230 g/mol. The van der Waals surface area contributed by atoms with Gasteiger partial charge in [0.05, 0.1) is 0 Å². The predicted molar refractivity (Wildman–Crippen MR) is 83.9 cm³/mol. The SMILES string of the molecule is CC(N)CCC(C)CC(C)C1(C2C=CC2)CC(C)C1. The molecule has 0 amide bonds. The molecule has 2 aliphatic rings. The van der Waals surface area contributed by atoms with Gasteiger partial charge in [0.2, 0.25) is 0 Å². The van der Waals surface area contributed by atoms with Gasteiger partial charge in [-0.05, 0) is 74.5 Å². The van der Waals surface area contributed by atoms with Gasteiger partial charge in [-0.1, -0.05) is 32.9 Å². The molecule has 2 aliphatic carbocycles. The summed E-state index contributed by atoms with van der Waals surface area (Å²) >= 11 is 0. The monoisotopic (exact) mass is 263 g/mol. The fourth-order valence-electron chi connectivity index (χ4n) is 4.51. The Hall–Kier alpha value is -0.300. The maximum Gasteiger partial charge on any atom is 0.00105 e. The van der Waals surface area contributed by atoms with E-state index >= 15 is 0 Å². The van der Waals surface area contributed by atoms with Gasteiger partial charge in [0, 0.05) is 6.04 Å². The van der Waals surface area contributed by atoms with Crippen molar-refractivity contribution in [2.75, 3.05) is 0 Å². The van der Waals surface area contributed by atoms with Crippen LogP contribution in [0.4, 0.5) is 0 Å². The van der Waals surface area contributed by atoms with Gasteiger partial charge in [-0.2, -0.15) is 0 Å². The molecule has 0 radical (unpaired) electrons. The molecule has 0 aromatic carbocycles. The largest absolute Gasteiger partial charge is 0.328 e. The minimum atomic E-state index is 0.366. The molecule has 0 spiro atoms. The molecule has 0 bridgehead atoms. The summed E-state index contributed by atoms with van der Waals surface area (Å²) in [4.78, 5) is 0. The molecule has 110 valence electrons. The van der Waals surface area contributed by atoms with E-state index in [1.807, 2.05) is 0 Å². The molecule has 1 heteroatoms. The fraction of sp³-hybridized carbons (Fsp3) is 0.889. The first-order valence-electron chi connectivity index (χ1n) is 8.36. The van der Waals surface area contributed by atoms with E-state index in [1.165, 1.54) is 38.5 Å². The summed E-state index contributed by atoms with van der Waals surface area (Å²) in [5, 5.41) is 0. The van der Waals surface area contributed by atoms with Crippen molar-refractivity contribution in [2.45, 2.75) is 72.3 Å². The first kappa shape index (κ1) is 15.1. The van der Waals surface area contributed by atoms with E-state index in [1.54, 1.807) is 0 Å². The van der Waals surface area contributed by atoms with Crippen molar-refractivity contribution in [3.8, 4) is 0 Å². The fourth-order valence-corrected chi connectivity index (χ4v) is 4.51. The third-order valence-electron chi connectivity index (χ3n) is 5.81. The standard InChI is InChI=1S/C18H33N/c1-13(8-9-16(4)19)10-15(3)18(11-14(2)12-18)17-6-5-7-17/h5-6,13-17H,7-12,19H2,1-4H3. The van der Waals surface area contributed by atoms with Crippen molar-refractivity contribution < 1.29 is 0 Å². The Morgan fingerprint density at radius 2 is 1.84 bits per heavy atom. The van der Waals surface area contributed by atoms with Gasteiger partial charge in [-0.3, -0.25) is 0 Å². The van der Waals surface area contributed by atoms with Gasteiger partial charge in [0.25, 0.3) is 0 Å². The molecule has 4 atom stereocenters. The third kappa shape index (κ3) is 3.24. The third-order valence-corrected chi connectivity index (χ3v) is 5.81. The average Bonchev–Trinajstić information content (AvgIpc) is 2.21. The Kier molecular flexibility index (Phi) is 4.76. The minimum absolute atomic E-state index is 0.366. The van der Waals surface area contributed by atoms with Crippen molar-refractivity contribution in [3.05, 3.63) is 12.2 Å². The van der Waals surface area contributed by atoms with Crippen molar-refractivity contribution >= 4 is 0 Å². The van der Waals surface area contributed by atoms with Gasteiger partial charge in [0.15, 0.2) is 0 Å². The summed E-state index contributed by atoms with van der Waals surface area (Å²) < 4.78 is 0. The van der Waals surface area contributed by atoms with E-state index in [9.17, 15) is 0 Å². The van der Waals surface area contributed by atoms with Crippen molar-refractivity contribution in [1.82, 2.24) is 0 Å². The Balaban J connectivity index is 1.86. The predicted octanol–water partition coefficient (Wildman–Crippen LogP) is 4.77. The number of nitrogens with two attached hydrogens (primary N) is 1. The molecule has 19 heavy (non-hydrogen) atoms. The normalized spacial score (nSPS) is 38.2. The maximum absolute atomic E-state index is 5.88. The van der Waals surface area contributed by atoms with Crippen LogP contribution in [-0.2, 0) is 0 Å². The lowest BCUT2D eigenvalue weighted by atomic mass is 9.48. The lowest BCUT2D eigenvalue weighted by Gasteiger charge is -2.57. The van der Waals surface area contributed by atoms with Crippen molar-refractivity contribution in [2.24, 2.45) is 34.8 Å². The number of hydrogen-bond donors (Lipinski definition) is 1. The molecule has 1 nitrogen and oxygen atoms in total. The minimum Gasteiger partial charge on any atom is -0.328 e. The number of allylic oxidation sites excluding steroid dienone is 2. The average molecular weight is 263 g/mol. The highest BCUT2D eigenvalue weighted by molar-refractivity contribution is 5.14. The lowest BCUT2D eigenvalue weighted by molar-refractivity contribution is -0.0469. The quantitative estimate of drug-likeness (QED) is 0.658. The second-order valence-electron chi connectivity index (χ2n) is 7.81. The van der Waals surface area contributed by atoms with Crippen LogP contribution in [0.5, 0.6) is 0 Å². The zero-order chi connectivity index (χ0) is 14.0. The van der Waals surface area contributed by atoms with Crippen LogP contribution in [0, 0.1) is 29.1 Å². The summed E-state index contributed by atoms with van der Waals surface area (Å²) in [6.07, 6.45) is 13.0. The van der Waals surface area contributed by atoms with Crippen molar-refractivity contribution in [3.63, 3.8) is 0 Å². The second-order valence-corrected chi connectivity index (χ2v) is 7.81. The summed E-state index contributed by atoms with van der Waals surface area (Å²) in [7, 11) is 0. The first-order valence-corrected chi connectivity index (χ1v) is 8.36. The van der Waals surface area contributed by atoms with Gasteiger partial charge in [0.1, 0.15) is 0 Å². The molecule has 2 N–H and O–H groups in total. The van der Waals surface area contributed by atoms with Gasteiger partial charge in [-0.15, -0.1) is 0 Å². The van der Waals surface area contributed by atoms with Crippen LogP contribution >= 0.6 is 0 Å². The smallest absolute Gasteiger partial charge is 0.00105 e. The second kappa shape index (κ2) is 5.99. The van der Waals surface area contributed by atoms with Crippen LogP contribution < -0.4 is 5.73 Å². The molecule has 1 saturated carbocycles. The summed E-state index contributed by atoms with van der Waals surface area (Å²) in [5.41, 5.74) is 6.53. The number of rotatable bonds is 7. The molecule has 0 heterocycles. The summed E-state index contributed by atoms with van der Waals surface area (Å²) in [6.45, 7) is 9.49. The van der Waals surface area contributed by atoms with Crippen LogP contribution in [0.1, 0.15) is 66.2 Å². The maximum atomic E-state index is 5.88. The lowest BCUT2D eigenvalue weighted by Crippen LogP contribution is -2.48. The number of hydrogen-bond acceptors (Lipinski definition) is 1. The highest BCUT2D eigenvalue weighted by Gasteiger charge is 2.51. The van der Waals surface area contributed by atoms with E-state index in [2.05, 4.69) is 39.8 Å². The van der Waals surface area contributed by atoms with E-state index in [-0.39, 0.29) is 0 Å². The van der Waals surface area contributed by atoms with Gasteiger partial charge < -0.3 is 5.73 Å². The van der Waals surface area contributed by atoms with Crippen molar-refractivity contribution in [1.29, 1.82) is 0 Å². The molecule has 0 aromatic rings. The van der Waals surface area contributed by atoms with E-state index in [0.717, 1.165) is 23.7 Å². The molecule has 4 unspecified atom stereocenters. The summed E-state index contributed by atoms with van der Waals surface area (Å²) in [6, 6.07) is 0.366. The Labute approximate surface area is 120 Å². The molecule has 0 saturated heterocycles. The highest BCUT2D eigenvalue weighted by atomic mass is 14.6. The van der Waals surface area contributed by atoms with E-state index < -0.39 is 0 Å². The van der Waals surface area contributed by atoms with Crippen LogP contribution in [0.25, 0.3) is 0 Å². The van der Waals surface area contributed by atoms with E-state index in [0.29, 0.717) is 11.5 Å². The zero-order valence-corrected chi connectivity index (χ0v) is 13.4. The zero-order valence-electron chi connectivity index (χ0n) is 13.4.